The van der Waals surface area contributed by atoms with E-state index in [1.807, 2.05) is 45.9 Å². The molecule has 1 N–H and O–H groups in total. The molecule has 2 atom stereocenters. The number of allylic oxidation sites excluding steroid dienone is 3. The predicted molar refractivity (Wildman–Crippen MR) is 70.6 cm³/mol. The Balaban J connectivity index is 3.13. The summed E-state index contributed by atoms with van der Waals surface area (Å²) in [5, 5.41) is 10.8. The van der Waals surface area contributed by atoms with Gasteiger partial charge in [-0.15, -0.1) is 0 Å². The molecule has 94 valence electrons. The van der Waals surface area contributed by atoms with Crippen molar-refractivity contribution in [2.45, 2.75) is 40.2 Å². The van der Waals surface area contributed by atoms with Gasteiger partial charge in [0.15, 0.2) is 5.78 Å². The van der Waals surface area contributed by atoms with Gasteiger partial charge in [-0.2, -0.15) is 0 Å². The Morgan fingerprint density at radius 2 is 2.06 bits per heavy atom. The SMILES string of the molecule is CC(=O)C=CC1C=C(C)C=CC1(O)C(C)(C)C. The van der Waals surface area contributed by atoms with E-state index in [9.17, 15) is 9.90 Å². The minimum absolute atomic E-state index is 0.00173. The standard InChI is InChI=1S/C15H22O2/c1-11-8-9-15(17,14(3,4)5)13(10-11)7-6-12(2)16/h6-10,13,17H,1-5H3. The fraction of sp³-hybridized carbons (Fsp3) is 0.533. The van der Waals surface area contributed by atoms with Gasteiger partial charge in [-0.05, 0) is 25.3 Å². The van der Waals surface area contributed by atoms with Crippen LogP contribution in [0, 0.1) is 11.3 Å². The summed E-state index contributed by atoms with van der Waals surface area (Å²) in [6.07, 6.45) is 9.11. The first-order valence-corrected chi connectivity index (χ1v) is 5.95. The molecule has 0 aromatic rings. The summed E-state index contributed by atoms with van der Waals surface area (Å²) < 4.78 is 0. The highest BCUT2D eigenvalue weighted by atomic mass is 16.3. The van der Waals surface area contributed by atoms with E-state index >= 15 is 0 Å². The van der Waals surface area contributed by atoms with E-state index in [1.165, 1.54) is 13.0 Å². The van der Waals surface area contributed by atoms with Crippen LogP contribution in [0.3, 0.4) is 0 Å². The molecule has 1 aliphatic rings. The highest BCUT2D eigenvalue weighted by molar-refractivity contribution is 5.87. The second-order valence-corrected chi connectivity index (χ2v) is 5.81. The summed E-state index contributed by atoms with van der Waals surface area (Å²) in [7, 11) is 0. The lowest BCUT2D eigenvalue weighted by Crippen LogP contribution is -2.47. The van der Waals surface area contributed by atoms with Crippen molar-refractivity contribution < 1.29 is 9.90 Å². The summed E-state index contributed by atoms with van der Waals surface area (Å²) in [6.45, 7) is 9.51. The molecule has 0 bridgehead atoms. The number of ketones is 1. The van der Waals surface area contributed by atoms with Crippen LogP contribution >= 0.6 is 0 Å². The van der Waals surface area contributed by atoms with Gasteiger partial charge in [-0.1, -0.05) is 50.6 Å². The maximum atomic E-state index is 11.0. The molecule has 17 heavy (non-hydrogen) atoms. The van der Waals surface area contributed by atoms with Crippen molar-refractivity contribution in [2.75, 3.05) is 0 Å². The fourth-order valence-electron chi connectivity index (χ4n) is 2.03. The van der Waals surface area contributed by atoms with Gasteiger partial charge in [0, 0.05) is 5.92 Å². The Labute approximate surface area is 104 Å². The second kappa shape index (κ2) is 4.61. The third-order valence-corrected chi connectivity index (χ3v) is 3.29. The fourth-order valence-corrected chi connectivity index (χ4v) is 2.03. The molecule has 0 amide bonds. The lowest BCUT2D eigenvalue weighted by molar-refractivity contribution is -0.112. The van der Waals surface area contributed by atoms with E-state index in [2.05, 4.69) is 0 Å². The van der Waals surface area contributed by atoms with Crippen LogP contribution in [0.25, 0.3) is 0 Å². The first-order valence-electron chi connectivity index (χ1n) is 5.95. The van der Waals surface area contributed by atoms with Crippen molar-refractivity contribution >= 4 is 5.78 Å². The molecule has 2 heteroatoms. The summed E-state index contributed by atoms with van der Waals surface area (Å²) >= 11 is 0. The zero-order valence-electron chi connectivity index (χ0n) is 11.3. The Morgan fingerprint density at radius 3 is 2.53 bits per heavy atom. The molecule has 0 saturated carbocycles. The lowest BCUT2D eigenvalue weighted by Gasteiger charge is -2.43. The van der Waals surface area contributed by atoms with E-state index in [0.29, 0.717) is 0 Å². The summed E-state index contributed by atoms with van der Waals surface area (Å²) in [6, 6.07) is 0. The number of carbonyl (C=O) groups excluding carboxylic acids is 1. The van der Waals surface area contributed by atoms with Crippen LogP contribution in [0.1, 0.15) is 34.6 Å². The zero-order valence-corrected chi connectivity index (χ0v) is 11.3. The molecule has 0 saturated heterocycles. The topological polar surface area (TPSA) is 37.3 Å². The molecule has 0 aliphatic heterocycles. The van der Waals surface area contributed by atoms with E-state index < -0.39 is 5.60 Å². The van der Waals surface area contributed by atoms with E-state index in [4.69, 9.17) is 0 Å². The van der Waals surface area contributed by atoms with Gasteiger partial charge < -0.3 is 5.11 Å². The smallest absolute Gasteiger partial charge is 0.152 e. The second-order valence-electron chi connectivity index (χ2n) is 5.81. The van der Waals surface area contributed by atoms with Gasteiger partial charge in [0.25, 0.3) is 0 Å². The van der Waals surface area contributed by atoms with Crippen LogP contribution in [-0.4, -0.2) is 16.5 Å². The third-order valence-electron chi connectivity index (χ3n) is 3.29. The normalized spacial score (nSPS) is 29.5. The Kier molecular flexibility index (Phi) is 3.78. The minimum Gasteiger partial charge on any atom is -0.384 e. The highest BCUT2D eigenvalue weighted by Crippen LogP contribution is 2.41. The van der Waals surface area contributed by atoms with Crippen molar-refractivity contribution in [2.24, 2.45) is 11.3 Å². The van der Waals surface area contributed by atoms with Crippen molar-refractivity contribution in [3.8, 4) is 0 Å². The van der Waals surface area contributed by atoms with Crippen molar-refractivity contribution in [3.05, 3.63) is 36.0 Å². The van der Waals surface area contributed by atoms with Crippen LogP contribution in [0.15, 0.2) is 36.0 Å². The first-order chi connectivity index (χ1) is 7.67. The summed E-state index contributed by atoms with van der Waals surface area (Å²) in [5.74, 6) is -0.154. The van der Waals surface area contributed by atoms with Crippen LogP contribution in [0.2, 0.25) is 0 Å². The van der Waals surface area contributed by atoms with Crippen molar-refractivity contribution in [3.63, 3.8) is 0 Å². The monoisotopic (exact) mass is 234 g/mol. The lowest BCUT2D eigenvalue weighted by atomic mass is 9.66. The molecule has 0 radical (unpaired) electrons. The van der Waals surface area contributed by atoms with E-state index in [1.54, 1.807) is 6.08 Å². The Morgan fingerprint density at radius 1 is 1.47 bits per heavy atom. The van der Waals surface area contributed by atoms with Crippen molar-refractivity contribution in [1.82, 2.24) is 0 Å². The van der Waals surface area contributed by atoms with Gasteiger partial charge in [0.05, 0.1) is 5.60 Å². The Hall–Kier alpha value is -1.15. The van der Waals surface area contributed by atoms with Gasteiger partial charge in [0.2, 0.25) is 0 Å². The molecule has 1 rings (SSSR count). The van der Waals surface area contributed by atoms with E-state index in [-0.39, 0.29) is 17.1 Å². The van der Waals surface area contributed by atoms with Crippen LogP contribution in [0.4, 0.5) is 0 Å². The van der Waals surface area contributed by atoms with Gasteiger partial charge in [-0.3, -0.25) is 4.79 Å². The number of hydrogen-bond donors (Lipinski definition) is 1. The largest absolute Gasteiger partial charge is 0.384 e. The third kappa shape index (κ3) is 2.95. The number of aliphatic hydroxyl groups is 1. The highest BCUT2D eigenvalue weighted by Gasteiger charge is 2.43. The average molecular weight is 234 g/mol. The quantitative estimate of drug-likeness (QED) is 0.746. The molecule has 0 aromatic heterocycles. The summed E-state index contributed by atoms with van der Waals surface area (Å²) in [5.41, 5.74) is -0.123. The van der Waals surface area contributed by atoms with Gasteiger partial charge in [0.1, 0.15) is 0 Å². The molecule has 2 nitrogen and oxygen atoms in total. The number of rotatable bonds is 2. The number of hydrogen-bond acceptors (Lipinski definition) is 2. The molecule has 0 spiro atoms. The Bertz CT molecular complexity index is 394. The summed E-state index contributed by atoms with van der Waals surface area (Å²) in [4.78, 5) is 11.0. The molecule has 0 aromatic carbocycles. The van der Waals surface area contributed by atoms with Crippen LogP contribution < -0.4 is 0 Å². The number of carbonyl (C=O) groups is 1. The van der Waals surface area contributed by atoms with Gasteiger partial charge >= 0.3 is 0 Å². The van der Waals surface area contributed by atoms with Gasteiger partial charge in [-0.25, -0.2) is 0 Å². The first kappa shape index (κ1) is 13.9. The van der Waals surface area contributed by atoms with Crippen molar-refractivity contribution in [1.29, 1.82) is 0 Å². The minimum atomic E-state index is -0.946. The molecular weight excluding hydrogens is 212 g/mol. The molecule has 0 heterocycles. The average Bonchev–Trinajstić information content (AvgIpc) is 2.17. The van der Waals surface area contributed by atoms with Crippen LogP contribution in [0.5, 0.6) is 0 Å². The molecule has 2 unspecified atom stereocenters. The maximum absolute atomic E-state index is 11.0. The molecule has 0 fully saturated rings. The molecular formula is C15H22O2. The maximum Gasteiger partial charge on any atom is 0.152 e. The zero-order chi connectivity index (χ0) is 13.3. The predicted octanol–water partition coefficient (Wildman–Crippen LogP) is 3.04. The van der Waals surface area contributed by atoms with E-state index in [0.717, 1.165) is 5.57 Å². The van der Waals surface area contributed by atoms with Crippen LogP contribution in [-0.2, 0) is 4.79 Å². The molecule has 1 aliphatic carbocycles.